The highest BCUT2D eigenvalue weighted by Crippen LogP contribution is 2.27. The topological polar surface area (TPSA) is 41.1 Å². The predicted octanol–water partition coefficient (Wildman–Crippen LogP) is 1.76. The smallest absolute Gasteiger partial charge is 0.315 e. The summed E-state index contributed by atoms with van der Waals surface area (Å²) < 4.78 is 0.756. The largest absolute Gasteiger partial charge is 0.336 e. The van der Waals surface area contributed by atoms with E-state index in [0.29, 0.717) is 6.54 Å². The van der Waals surface area contributed by atoms with Crippen LogP contribution in [-0.4, -0.2) is 12.6 Å². The number of rotatable bonds is 1. The summed E-state index contributed by atoms with van der Waals surface area (Å²) in [4.78, 5) is 11.9. The minimum atomic E-state index is -0.107. The Bertz CT molecular complexity index is 312. The van der Waals surface area contributed by atoms with Crippen LogP contribution in [0.4, 0.5) is 4.79 Å². The molecule has 1 fully saturated rings. The maximum atomic E-state index is 10.8. The lowest BCUT2D eigenvalue weighted by molar-refractivity contribution is 0.247. The van der Waals surface area contributed by atoms with Crippen LogP contribution in [0.15, 0.2) is 12.1 Å². The average Bonchev–Trinajstić information content (AvgIpc) is 2.58. The third-order valence-electron chi connectivity index (χ3n) is 1.71. The van der Waals surface area contributed by atoms with Gasteiger partial charge in [0.15, 0.2) is 0 Å². The Hall–Kier alpha value is -0.740. The van der Waals surface area contributed by atoms with Gasteiger partial charge in [0.25, 0.3) is 0 Å². The standard InChI is InChI=1S/C7H7ClN2OS/c8-6-2-1-5(12-6)4-3-9-7(11)10-4/h1-2,4H,3H2,(H2,9,10,11). The summed E-state index contributed by atoms with van der Waals surface area (Å²) in [5.41, 5.74) is 0. The van der Waals surface area contributed by atoms with Gasteiger partial charge in [0.1, 0.15) is 0 Å². The molecule has 1 unspecified atom stereocenters. The zero-order valence-corrected chi connectivity index (χ0v) is 7.71. The van der Waals surface area contributed by atoms with Crippen molar-refractivity contribution in [2.75, 3.05) is 6.54 Å². The van der Waals surface area contributed by atoms with Crippen LogP contribution >= 0.6 is 22.9 Å². The molecule has 0 saturated carbocycles. The molecule has 1 aliphatic heterocycles. The average molecular weight is 203 g/mol. The van der Waals surface area contributed by atoms with E-state index in [1.54, 1.807) is 0 Å². The van der Waals surface area contributed by atoms with E-state index < -0.39 is 0 Å². The van der Waals surface area contributed by atoms with Gasteiger partial charge in [-0.05, 0) is 12.1 Å². The summed E-state index contributed by atoms with van der Waals surface area (Å²) in [6.07, 6.45) is 0. The van der Waals surface area contributed by atoms with Gasteiger partial charge in [-0.2, -0.15) is 0 Å². The first-order valence-electron chi connectivity index (χ1n) is 3.55. The Labute approximate surface area is 78.7 Å². The van der Waals surface area contributed by atoms with E-state index in [1.807, 2.05) is 12.1 Å². The van der Waals surface area contributed by atoms with E-state index in [4.69, 9.17) is 11.6 Å². The third-order valence-corrected chi connectivity index (χ3v) is 3.05. The fourth-order valence-corrected chi connectivity index (χ4v) is 2.25. The highest BCUT2D eigenvalue weighted by Gasteiger charge is 2.22. The van der Waals surface area contributed by atoms with Gasteiger partial charge in [-0.1, -0.05) is 11.6 Å². The van der Waals surface area contributed by atoms with Crippen molar-refractivity contribution in [3.63, 3.8) is 0 Å². The highest BCUT2D eigenvalue weighted by molar-refractivity contribution is 7.16. The molecule has 3 nitrogen and oxygen atoms in total. The van der Waals surface area contributed by atoms with Crippen molar-refractivity contribution < 1.29 is 4.79 Å². The second-order valence-electron chi connectivity index (χ2n) is 2.55. The molecule has 1 aromatic rings. The highest BCUT2D eigenvalue weighted by atomic mass is 35.5. The van der Waals surface area contributed by atoms with Crippen molar-refractivity contribution in [2.45, 2.75) is 6.04 Å². The fraction of sp³-hybridized carbons (Fsp3) is 0.286. The van der Waals surface area contributed by atoms with Crippen molar-refractivity contribution in [3.8, 4) is 0 Å². The lowest BCUT2D eigenvalue weighted by Crippen LogP contribution is -2.21. The number of carbonyl (C=O) groups is 1. The number of hydrogen-bond acceptors (Lipinski definition) is 2. The zero-order chi connectivity index (χ0) is 8.55. The zero-order valence-electron chi connectivity index (χ0n) is 6.13. The van der Waals surface area contributed by atoms with Crippen molar-refractivity contribution in [1.29, 1.82) is 0 Å². The van der Waals surface area contributed by atoms with Crippen LogP contribution in [0.3, 0.4) is 0 Å². The van der Waals surface area contributed by atoms with Crippen LogP contribution in [0.5, 0.6) is 0 Å². The molecule has 0 aliphatic carbocycles. The molecule has 1 saturated heterocycles. The number of hydrogen-bond donors (Lipinski definition) is 2. The molecule has 12 heavy (non-hydrogen) atoms. The molecule has 2 amide bonds. The maximum absolute atomic E-state index is 10.8. The molecule has 2 rings (SSSR count). The van der Waals surface area contributed by atoms with Crippen molar-refractivity contribution in [3.05, 3.63) is 21.3 Å². The first-order chi connectivity index (χ1) is 5.75. The van der Waals surface area contributed by atoms with Gasteiger partial charge in [-0.3, -0.25) is 0 Å². The lowest BCUT2D eigenvalue weighted by atomic mass is 10.2. The van der Waals surface area contributed by atoms with Crippen LogP contribution < -0.4 is 10.6 Å². The quantitative estimate of drug-likeness (QED) is 0.716. The lowest BCUT2D eigenvalue weighted by Gasteiger charge is -2.03. The van der Waals surface area contributed by atoms with Crippen molar-refractivity contribution in [1.82, 2.24) is 10.6 Å². The molecule has 0 spiro atoms. The summed E-state index contributed by atoms with van der Waals surface area (Å²) in [6.45, 7) is 0.648. The SMILES string of the molecule is O=C1NCC(c2ccc(Cl)s2)N1. The van der Waals surface area contributed by atoms with Gasteiger partial charge < -0.3 is 10.6 Å². The van der Waals surface area contributed by atoms with Gasteiger partial charge in [-0.15, -0.1) is 11.3 Å². The van der Waals surface area contributed by atoms with Gasteiger partial charge in [0, 0.05) is 11.4 Å². The molecule has 2 N–H and O–H groups in total. The summed E-state index contributed by atoms with van der Waals surface area (Å²) in [6, 6.07) is 3.76. The minimum Gasteiger partial charge on any atom is -0.336 e. The Morgan fingerprint density at radius 3 is 2.92 bits per heavy atom. The maximum Gasteiger partial charge on any atom is 0.315 e. The van der Waals surface area contributed by atoms with Crippen molar-refractivity contribution >= 4 is 29.0 Å². The first kappa shape index (κ1) is 7.89. The van der Waals surface area contributed by atoms with Gasteiger partial charge in [-0.25, -0.2) is 4.79 Å². The summed E-state index contributed by atoms with van der Waals surface area (Å²) in [5, 5.41) is 5.48. The van der Waals surface area contributed by atoms with Gasteiger partial charge in [0.2, 0.25) is 0 Å². The van der Waals surface area contributed by atoms with Crippen LogP contribution in [0.2, 0.25) is 4.34 Å². The predicted molar refractivity (Wildman–Crippen MR) is 48.6 cm³/mol. The molecule has 2 heterocycles. The number of carbonyl (C=O) groups excluding carboxylic acids is 1. The molecule has 0 aromatic carbocycles. The first-order valence-corrected chi connectivity index (χ1v) is 4.75. The van der Waals surface area contributed by atoms with E-state index in [0.717, 1.165) is 9.21 Å². The molecule has 1 aliphatic rings. The monoisotopic (exact) mass is 202 g/mol. The molecule has 0 bridgehead atoms. The van der Waals surface area contributed by atoms with Crippen LogP contribution in [-0.2, 0) is 0 Å². The third kappa shape index (κ3) is 1.40. The summed E-state index contributed by atoms with van der Waals surface area (Å²) in [7, 11) is 0. The molecule has 1 aromatic heterocycles. The Morgan fingerprint density at radius 2 is 2.42 bits per heavy atom. The van der Waals surface area contributed by atoms with Crippen LogP contribution in [0.25, 0.3) is 0 Å². The van der Waals surface area contributed by atoms with E-state index >= 15 is 0 Å². The van der Waals surface area contributed by atoms with E-state index in [1.165, 1.54) is 11.3 Å². The van der Waals surface area contributed by atoms with Gasteiger partial charge >= 0.3 is 6.03 Å². The second kappa shape index (κ2) is 2.95. The van der Waals surface area contributed by atoms with E-state index in [9.17, 15) is 4.79 Å². The molecule has 64 valence electrons. The number of halogens is 1. The summed E-state index contributed by atoms with van der Waals surface area (Å²) >= 11 is 7.26. The summed E-state index contributed by atoms with van der Waals surface area (Å²) in [5.74, 6) is 0. The molecule has 0 radical (unpaired) electrons. The number of urea groups is 1. The van der Waals surface area contributed by atoms with Crippen LogP contribution in [0, 0.1) is 0 Å². The molecular weight excluding hydrogens is 196 g/mol. The van der Waals surface area contributed by atoms with Crippen molar-refractivity contribution in [2.24, 2.45) is 0 Å². The van der Waals surface area contributed by atoms with Crippen LogP contribution in [0.1, 0.15) is 10.9 Å². The molecular formula is C7H7ClN2OS. The number of nitrogens with one attached hydrogen (secondary N) is 2. The second-order valence-corrected chi connectivity index (χ2v) is 4.30. The number of amides is 2. The Kier molecular flexibility index (Phi) is 1.94. The minimum absolute atomic E-state index is 0.0926. The Morgan fingerprint density at radius 1 is 1.58 bits per heavy atom. The van der Waals surface area contributed by atoms with E-state index in [2.05, 4.69) is 10.6 Å². The Balaban J connectivity index is 2.15. The van der Waals surface area contributed by atoms with Gasteiger partial charge in [0.05, 0.1) is 10.4 Å². The molecule has 5 heteroatoms. The fourth-order valence-electron chi connectivity index (χ4n) is 1.14. The number of thiophene rings is 1. The van der Waals surface area contributed by atoms with E-state index in [-0.39, 0.29) is 12.1 Å². The molecule has 1 atom stereocenters. The normalized spacial score (nSPS) is 22.1.